The molecule has 0 amide bonds. The summed E-state index contributed by atoms with van der Waals surface area (Å²) >= 11 is 0. The van der Waals surface area contributed by atoms with E-state index in [9.17, 15) is 5.11 Å². The fourth-order valence-corrected chi connectivity index (χ4v) is 3.36. The van der Waals surface area contributed by atoms with Crippen LogP contribution in [-0.2, 0) is 0 Å². The molecule has 3 aromatic rings. The summed E-state index contributed by atoms with van der Waals surface area (Å²) in [7, 11) is 4.67. The molecule has 0 saturated carbocycles. The quantitative estimate of drug-likeness (QED) is 0.699. The van der Waals surface area contributed by atoms with E-state index in [4.69, 9.17) is 23.7 Å². The second-order valence-electron chi connectivity index (χ2n) is 6.14. The first-order valence-electron chi connectivity index (χ1n) is 8.56. The molecule has 1 aromatic heterocycles. The van der Waals surface area contributed by atoms with Crippen LogP contribution in [0.4, 0.5) is 0 Å². The number of hydrogen-bond acceptors (Lipinski definition) is 7. The summed E-state index contributed by atoms with van der Waals surface area (Å²) in [4.78, 5) is 4.15. The van der Waals surface area contributed by atoms with Crippen molar-refractivity contribution in [2.24, 2.45) is 0 Å². The number of phenols is 1. The predicted molar refractivity (Wildman–Crippen MR) is 99.8 cm³/mol. The smallest absolute Gasteiger partial charge is 0.231 e. The Bertz CT molecular complexity index is 962. The molecule has 1 N–H and O–H groups in total. The van der Waals surface area contributed by atoms with Crippen molar-refractivity contribution in [3.8, 4) is 34.5 Å². The van der Waals surface area contributed by atoms with E-state index in [1.165, 1.54) is 0 Å². The highest BCUT2D eigenvalue weighted by molar-refractivity contribution is 5.58. The minimum atomic E-state index is -0.411. The maximum Gasteiger partial charge on any atom is 0.231 e. The first-order valence-corrected chi connectivity index (χ1v) is 8.56. The van der Waals surface area contributed by atoms with Crippen molar-refractivity contribution in [2.75, 3.05) is 28.1 Å². The highest BCUT2D eigenvalue weighted by atomic mass is 16.7. The molecule has 28 heavy (non-hydrogen) atoms. The molecule has 0 unspecified atom stereocenters. The van der Waals surface area contributed by atoms with Gasteiger partial charge in [-0.05, 0) is 23.8 Å². The van der Waals surface area contributed by atoms with Crippen LogP contribution in [0, 0.1) is 0 Å². The maximum atomic E-state index is 10.7. The number of phenolic OH excluding ortho intramolecular Hbond substituents is 1. The summed E-state index contributed by atoms with van der Waals surface area (Å²) in [6.45, 7) is 0.123. The van der Waals surface area contributed by atoms with Crippen LogP contribution in [0.1, 0.15) is 17.2 Å². The molecule has 8 nitrogen and oxygen atoms in total. The van der Waals surface area contributed by atoms with E-state index in [1.807, 2.05) is 22.9 Å². The molecule has 0 saturated heterocycles. The zero-order valence-corrected chi connectivity index (χ0v) is 15.7. The molecule has 1 atom stereocenters. The van der Waals surface area contributed by atoms with Gasteiger partial charge in [-0.3, -0.25) is 0 Å². The average molecular weight is 384 g/mol. The lowest BCUT2D eigenvalue weighted by Crippen LogP contribution is -2.12. The Kier molecular flexibility index (Phi) is 4.60. The van der Waals surface area contributed by atoms with Crippen LogP contribution in [0.2, 0.25) is 0 Å². The number of methoxy groups -OCH3 is 3. The molecule has 146 valence electrons. The van der Waals surface area contributed by atoms with Crippen molar-refractivity contribution in [3.05, 3.63) is 54.1 Å². The minimum absolute atomic E-state index is 0.0803. The fourth-order valence-electron chi connectivity index (χ4n) is 3.36. The highest BCUT2D eigenvalue weighted by Gasteiger charge is 2.27. The van der Waals surface area contributed by atoms with Crippen molar-refractivity contribution in [3.63, 3.8) is 0 Å². The van der Waals surface area contributed by atoms with Crippen molar-refractivity contribution < 1.29 is 28.8 Å². The normalized spacial score (nSPS) is 13.2. The van der Waals surface area contributed by atoms with Gasteiger partial charge < -0.3 is 33.4 Å². The largest absolute Gasteiger partial charge is 0.507 e. The van der Waals surface area contributed by atoms with Crippen LogP contribution >= 0.6 is 0 Å². The molecule has 0 radical (unpaired) electrons. The van der Waals surface area contributed by atoms with E-state index >= 15 is 0 Å². The molecule has 0 fully saturated rings. The summed E-state index contributed by atoms with van der Waals surface area (Å²) in [6, 6.07) is 6.60. The lowest BCUT2D eigenvalue weighted by atomic mass is 9.96. The Morgan fingerprint density at radius 3 is 2.25 bits per heavy atom. The van der Waals surface area contributed by atoms with Gasteiger partial charge in [0.1, 0.15) is 5.75 Å². The topological polar surface area (TPSA) is 84.2 Å². The molecule has 4 rings (SSSR count). The van der Waals surface area contributed by atoms with Gasteiger partial charge in [-0.2, -0.15) is 0 Å². The molecule has 2 aromatic carbocycles. The standard InChI is InChI=1S/C20H20N2O6/c1-24-17-6-12(7-18(25-2)20(17)26-3)19(22-5-4-21-10-22)13-8-15-16(9-14(13)23)28-11-27-15/h4-10,19,23H,11H2,1-3H3/t19-/m1/s1. The number of benzene rings is 2. The minimum Gasteiger partial charge on any atom is -0.507 e. The van der Waals surface area contributed by atoms with Crippen LogP contribution in [0.3, 0.4) is 0 Å². The Labute approximate surface area is 161 Å². The third kappa shape index (κ3) is 2.92. The molecular formula is C20H20N2O6. The van der Waals surface area contributed by atoms with E-state index in [-0.39, 0.29) is 12.5 Å². The van der Waals surface area contributed by atoms with E-state index in [2.05, 4.69) is 4.98 Å². The molecule has 1 aliphatic rings. The lowest BCUT2D eigenvalue weighted by Gasteiger charge is -2.23. The van der Waals surface area contributed by atoms with Gasteiger partial charge in [-0.1, -0.05) is 0 Å². The number of imidazole rings is 1. The summed E-state index contributed by atoms with van der Waals surface area (Å²) in [5.74, 6) is 2.69. The van der Waals surface area contributed by atoms with Gasteiger partial charge >= 0.3 is 0 Å². The molecular weight excluding hydrogens is 364 g/mol. The highest BCUT2D eigenvalue weighted by Crippen LogP contribution is 2.46. The molecule has 1 aliphatic heterocycles. The van der Waals surface area contributed by atoms with E-state index in [0.29, 0.717) is 34.3 Å². The first kappa shape index (κ1) is 17.8. The van der Waals surface area contributed by atoms with Crippen molar-refractivity contribution >= 4 is 0 Å². The van der Waals surface area contributed by atoms with E-state index in [1.54, 1.807) is 46.0 Å². The predicted octanol–water partition coefficient (Wildman–Crippen LogP) is 2.98. The number of nitrogens with zero attached hydrogens (tertiary/aromatic N) is 2. The Morgan fingerprint density at radius 2 is 1.68 bits per heavy atom. The number of hydrogen-bond donors (Lipinski definition) is 1. The fraction of sp³-hybridized carbons (Fsp3) is 0.250. The maximum absolute atomic E-state index is 10.7. The van der Waals surface area contributed by atoms with Crippen molar-refractivity contribution in [1.82, 2.24) is 9.55 Å². The number of aromatic hydroxyl groups is 1. The van der Waals surface area contributed by atoms with Gasteiger partial charge in [0.15, 0.2) is 23.0 Å². The summed E-state index contributed by atoms with van der Waals surface area (Å²) in [6.07, 6.45) is 5.17. The second kappa shape index (κ2) is 7.22. The third-order valence-corrected chi connectivity index (χ3v) is 4.64. The lowest BCUT2D eigenvalue weighted by molar-refractivity contribution is 0.174. The van der Waals surface area contributed by atoms with Gasteiger partial charge in [-0.25, -0.2) is 4.98 Å². The van der Waals surface area contributed by atoms with Crippen LogP contribution in [-0.4, -0.2) is 42.8 Å². The van der Waals surface area contributed by atoms with Crippen molar-refractivity contribution in [2.45, 2.75) is 6.04 Å². The number of ether oxygens (including phenoxy) is 5. The van der Waals surface area contributed by atoms with E-state index < -0.39 is 6.04 Å². The van der Waals surface area contributed by atoms with Gasteiger partial charge in [0, 0.05) is 24.0 Å². The Morgan fingerprint density at radius 1 is 1.00 bits per heavy atom. The van der Waals surface area contributed by atoms with Crippen LogP contribution in [0.25, 0.3) is 0 Å². The summed E-state index contributed by atoms with van der Waals surface area (Å²) in [5, 5.41) is 10.7. The van der Waals surface area contributed by atoms with Gasteiger partial charge in [-0.15, -0.1) is 0 Å². The Hall–Kier alpha value is -3.55. The van der Waals surface area contributed by atoms with Crippen molar-refractivity contribution in [1.29, 1.82) is 0 Å². The first-order chi connectivity index (χ1) is 13.7. The number of fused-ring (bicyclic) bond motifs is 1. The van der Waals surface area contributed by atoms with Gasteiger partial charge in [0.25, 0.3) is 0 Å². The molecule has 2 heterocycles. The molecule has 0 aliphatic carbocycles. The molecule has 0 bridgehead atoms. The van der Waals surface area contributed by atoms with Crippen LogP contribution in [0.15, 0.2) is 43.0 Å². The Balaban J connectivity index is 1.92. The van der Waals surface area contributed by atoms with Gasteiger partial charge in [0.05, 0.1) is 33.7 Å². The molecule has 0 spiro atoms. The SMILES string of the molecule is COc1cc([C@H](c2cc3c(cc2O)OCO3)n2ccnc2)cc(OC)c1OC. The number of rotatable bonds is 6. The van der Waals surface area contributed by atoms with E-state index in [0.717, 1.165) is 5.56 Å². The number of aromatic nitrogens is 2. The zero-order valence-electron chi connectivity index (χ0n) is 15.7. The van der Waals surface area contributed by atoms with Gasteiger partial charge in [0.2, 0.25) is 12.5 Å². The molecule has 8 heteroatoms. The third-order valence-electron chi connectivity index (χ3n) is 4.64. The van der Waals surface area contributed by atoms with Crippen LogP contribution < -0.4 is 23.7 Å². The second-order valence-corrected chi connectivity index (χ2v) is 6.14. The summed E-state index contributed by atoms with van der Waals surface area (Å²) in [5.41, 5.74) is 1.43. The summed E-state index contributed by atoms with van der Waals surface area (Å²) < 4.78 is 29.1. The zero-order chi connectivity index (χ0) is 19.7. The monoisotopic (exact) mass is 384 g/mol. The van der Waals surface area contributed by atoms with Crippen LogP contribution in [0.5, 0.6) is 34.5 Å². The average Bonchev–Trinajstić information content (AvgIpc) is 3.39.